The van der Waals surface area contributed by atoms with Crippen LogP contribution in [0.1, 0.15) is 31.7 Å². The molecule has 0 aliphatic heterocycles. The average Bonchev–Trinajstić information content (AvgIpc) is 2.61. The summed E-state index contributed by atoms with van der Waals surface area (Å²) in [5.74, 6) is 0. The number of aromatic nitrogens is 2. The third-order valence-electron chi connectivity index (χ3n) is 2.44. The quantitative estimate of drug-likeness (QED) is 0.835. The second-order valence-corrected chi connectivity index (χ2v) is 3.62. The summed E-state index contributed by atoms with van der Waals surface area (Å²) in [7, 11) is 0. The van der Waals surface area contributed by atoms with Crippen LogP contribution in [0.15, 0.2) is 10.6 Å². The monoisotopic (exact) mass is 205 g/mol. The van der Waals surface area contributed by atoms with Crippen LogP contribution in [-0.4, -0.2) is 10.1 Å². The summed E-state index contributed by atoms with van der Waals surface area (Å²) in [5.41, 5.74) is 9.12. The van der Waals surface area contributed by atoms with Gasteiger partial charge in [0.25, 0.3) is 5.71 Å². The Morgan fingerprint density at radius 3 is 2.87 bits per heavy atom. The Labute approximate surface area is 88.5 Å². The minimum Gasteiger partial charge on any atom is -0.398 e. The first-order valence-electron chi connectivity index (χ1n) is 5.29. The van der Waals surface area contributed by atoms with Crippen LogP contribution < -0.4 is 5.73 Å². The number of nitrogens with two attached hydrogens (primary N) is 1. The van der Waals surface area contributed by atoms with Gasteiger partial charge in [-0.1, -0.05) is 25.4 Å². The average molecular weight is 205 g/mol. The highest BCUT2D eigenvalue weighted by Gasteiger charge is 2.12. The van der Waals surface area contributed by atoms with E-state index < -0.39 is 0 Å². The second kappa shape index (κ2) is 3.88. The fourth-order valence-electron chi connectivity index (χ4n) is 1.72. The van der Waals surface area contributed by atoms with Crippen LogP contribution in [0.5, 0.6) is 0 Å². The number of pyridine rings is 1. The SMILES string of the molecule is CCCc1cc(N)c2c(CC)noc2n1. The van der Waals surface area contributed by atoms with Gasteiger partial charge in [-0.2, -0.15) is 0 Å². The molecule has 0 spiro atoms. The van der Waals surface area contributed by atoms with Gasteiger partial charge >= 0.3 is 0 Å². The maximum Gasteiger partial charge on any atom is 0.260 e. The van der Waals surface area contributed by atoms with Crippen LogP contribution in [0, 0.1) is 0 Å². The van der Waals surface area contributed by atoms with Gasteiger partial charge in [-0.15, -0.1) is 0 Å². The molecule has 0 saturated carbocycles. The van der Waals surface area contributed by atoms with Gasteiger partial charge in [0.1, 0.15) is 0 Å². The smallest absolute Gasteiger partial charge is 0.260 e. The lowest BCUT2D eigenvalue weighted by atomic mass is 10.1. The van der Waals surface area contributed by atoms with Crippen LogP contribution in [0.3, 0.4) is 0 Å². The van der Waals surface area contributed by atoms with Gasteiger partial charge in [-0.05, 0) is 18.9 Å². The van der Waals surface area contributed by atoms with Crippen molar-refractivity contribution >= 4 is 16.8 Å². The number of nitrogens with zero attached hydrogens (tertiary/aromatic N) is 2. The van der Waals surface area contributed by atoms with Crippen molar-refractivity contribution in [2.24, 2.45) is 0 Å². The fourth-order valence-corrected chi connectivity index (χ4v) is 1.72. The molecule has 4 heteroatoms. The molecule has 2 rings (SSSR count). The number of aryl methyl sites for hydroxylation is 2. The van der Waals surface area contributed by atoms with Crippen LogP contribution in [-0.2, 0) is 12.8 Å². The molecular formula is C11H15N3O. The predicted molar refractivity (Wildman–Crippen MR) is 59.6 cm³/mol. The molecule has 2 N–H and O–H groups in total. The van der Waals surface area contributed by atoms with Crippen LogP contribution >= 0.6 is 0 Å². The van der Waals surface area contributed by atoms with Crippen molar-refractivity contribution in [2.45, 2.75) is 33.1 Å². The third-order valence-corrected chi connectivity index (χ3v) is 2.44. The Morgan fingerprint density at radius 2 is 2.20 bits per heavy atom. The first-order chi connectivity index (χ1) is 7.26. The highest BCUT2D eigenvalue weighted by molar-refractivity contribution is 5.88. The Balaban J connectivity index is 2.58. The Hall–Kier alpha value is -1.58. The Kier molecular flexibility index (Phi) is 2.58. The molecule has 0 unspecified atom stereocenters. The zero-order valence-corrected chi connectivity index (χ0v) is 9.08. The molecule has 0 amide bonds. The Bertz CT molecular complexity index is 476. The molecule has 2 aromatic rings. The number of nitrogen functional groups attached to an aromatic ring is 1. The van der Waals surface area contributed by atoms with Gasteiger partial charge in [0.2, 0.25) is 0 Å². The maximum atomic E-state index is 5.97. The molecule has 0 aliphatic rings. The van der Waals surface area contributed by atoms with E-state index in [4.69, 9.17) is 10.3 Å². The third kappa shape index (κ3) is 1.67. The lowest BCUT2D eigenvalue weighted by Crippen LogP contribution is -1.95. The summed E-state index contributed by atoms with van der Waals surface area (Å²) < 4.78 is 5.17. The maximum absolute atomic E-state index is 5.97. The van der Waals surface area contributed by atoms with E-state index in [0.29, 0.717) is 5.71 Å². The molecule has 0 radical (unpaired) electrons. The van der Waals surface area contributed by atoms with Crippen molar-refractivity contribution in [1.82, 2.24) is 10.1 Å². The summed E-state index contributed by atoms with van der Waals surface area (Å²) in [6.07, 6.45) is 2.78. The summed E-state index contributed by atoms with van der Waals surface area (Å²) in [4.78, 5) is 4.39. The highest BCUT2D eigenvalue weighted by atomic mass is 16.5. The lowest BCUT2D eigenvalue weighted by Gasteiger charge is -2.00. The summed E-state index contributed by atoms with van der Waals surface area (Å²) in [6.45, 7) is 4.14. The molecule has 15 heavy (non-hydrogen) atoms. The summed E-state index contributed by atoms with van der Waals surface area (Å²) in [5, 5.41) is 4.83. The minimum atomic E-state index is 0.565. The molecule has 0 fully saturated rings. The van der Waals surface area contributed by atoms with E-state index in [1.54, 1.807) is 0 Å². The van der Waals surface area contributed by atoms with Crippen molar-refractivity contribution in [3.8, 4) is 0 Å². The number of fused-ring (bicyclic) bond motifs is 1. The van der Waals surface area contributed by atoms with E-state index in [-0.39, 0.29) is 0 Å². The molecule has 4 nitrogen and oxygen atoms in total. The van der Waals surface area contributed by atoms with Crippen molar-refractivity contribution in [3.05, 3.63) is 17.5 Å². The standard InChI is InChI=1S/C11H15N3O/c1-3-5-7-6-8(12)10-9(4-2)14-15-11(10)13-7/h6H,3-5H2,1-2H3,(H2,12,13). The molecule has 2 heterocycles. The van der Waals surface area contributed by atoms with Gasteiger partial charge in [-0.25, -0.2) is 4.98 Å². The van der Waals surface area contributed by atoms with Crippen LogP contribution in [0.4, 0.5) is 5.69 Å². The number of rotatable bonds is 3. The number of hydrogen-bond donors (Lipinski definition) is 1. The zero-order chi connectivity index (χ0) is 10.8. The number of hydrogen-bond acceptors (Lipinski definition) is 4. The normalized spacial score (nSPS) is 11.1. The molecule has 80 valence electrons. The van der Waals surface area contributed by atoms with Gasteiger partial charge in [0.05, 0.1) is 11.1 Å². The Morgan fingerprint density at radius 1 is 1.40 bits per heavy atom. The van der Waals surface area contributed by atoms with E-state index in [1.165, 1.54) is 0 Å². The number of anilines is 1. The largest absolute Gasteiger partial charge is 0.398 e. The van der Waals surface area contributed by atoms with Gasteiger partial charge < -0.3 is 10.3 Å². The first-order valence-corrected chi connectivity index (χ1v) is 5.29. The van der Waals surface area contributed by atoms with Gasteiger partial charge in [-0.3, -0.25) is 0 Å². The molecule has 0 aromatic carbocycles. The van der Waals surface area contributed by atoms with Crippen LogP contribution in [0.25, 0.3) is 11.1 Å². The molecule has 0 bridgehead atoms. The topological polar surface area (TPSA) is 64.9 Å². The molecule has 2 aromatic heterocycles. The van der Waals surface area contributed by atoms with Crippen molar-refractivity contribution in [3.63, 3.8) is 0 Å². The minimum absolute atomic E-state index is 0.565. The first kappa shape index (κ1) is 9.96. The molecule has 0 atom stereocenters. The van der Waals surface area contributed by atoms with E-state index in [2.05, 4.69) is 17.1 Å². The predicted octanol–water partition coefficient (Wildman–Crippen LogP) is 2.32. The highest BCUT2D eigenvalue weighted by Crippen LogP contribution is 2.24. The zero-order valence-electron chi connectivity index (χ0n) is 9.08. The van der Waals surface area contributed by atoms with Crippen molar-refractivity contribution in [2.75, 3.05) is 5.73 Å². The van der Waals surface area contributed by atoms with Crippen LogP contribution in [0.2, 0.25) is 0 Å². The van der Waals surface area contributed by atoms with Gasteiger partial charge in [0.15, 0.2) is 0 Å². The summed E-state index contributed by atoms with van der Waals surface area (Å²) >= 11 is 0. The molecular weight excluding hydrogens is 190 g/mol. The fraction of sp³-hybridized carbons (Fsp3) is 0.455. The van der Waals surface area contributed by atoms with Gasteiger partial charge in [0, 0.05) is 11.4 Å². The lowest BCUT2D eigenvalue weighted by molar-refractivity contribution is 0.439. The second-order valence-electron chi connectivity index (χ2n) is 3.62. The molecule has 0 saturated heterocycles. The van der Waals surface area contributed by atoms with E-state index in [9.17, 15) is 0 Å². The van der Waals surface area contributed by atoms with Crippen molar-refractivity contribution in [1.29, 1.82) is 0 Å². The van der Waals surface area contributed by atoms with Crippen molar-refractivity contribution < 1.29 is 4.52 Å². The van der Waals surface area contributed by atoms with E-state index >= 15 is 0 Å². The summed E-state index contributed by atoms with van der Waals surface area (Å²) in [6, 6.07) is 1.92. The molecule has 0 aliphatic carbocycles. The van der Waals surface area contributed by atoms with E-state index in [0.717, 1.165) is 41.7 Å². The van der Waals surface area contributed by atoms with E-state index in [1.807, 2.05) is 13.0 Å².